The standard InChI is InChI=1S/C33H34N2O2/c1-27-15-18-30(28(2)25-27)13-9-14-33(31-11-5-4-6-12-31)37-24-8-7-22-35(23-10-21-34)26-29-16-19-32(36-3)20-17-29/h4-6,11-12,15-20,25,33H,10,14,22-24,26H2,1-3H3/t33-/m1/s1. The van der Waals surface area contributed by atoms with Crippen molar-refractivity contribution in [3.8, 4) is 35.5 Å². The number of ether oxygens (including phenoxy) is 2. The van der Waals surface area contributed by atoms with E-state index in [0.717, 1.165) is 29.0 Å². The lowest BCUT2D eigenvalue weighted by molar-refractivity contribution is 0.0818. The van der Waals surface area contributed by atoms with Crippen molar-refractivity contribution in [1.82, 2.24) is 4.90 Å². The minimum absolute atomic E-state index is 0.150. The van der Waals surface area contributed by atoms with E-state index in [9.17, 15) is 0 Å². The van der Waals surface area contributed by atoms with Crippen LogP contribution in [0.25, 0.3) is 0 Å². The minimum atomic E-state index is -0.150. The van der Waals surface area contributed by atoms with Crippen molar-refractivity contribution in [1.29, 1.82) is 5.26 Å². The summed E-state index contributed by atoms with van der Waals surface area (Å²) in [6, 6.07) is 26.7. The smallest absolute Gasteiger partial charge is 0.118 e. The van der Waals surface area contributed by atoms with E-state index in [0.29, 0.717) is 32.5 Å². The van der Waals surface area contributed by atoms with E-state index in [4.69, 9.17) is 14.7 Å². The summed E-state index contributed by atoms with van der Waals surface area (Å²) in [4.78, 5) is 2.17. The van der Waals surface area contributed by atoms with Gasteiger partial charge in [-0.1, -0.05) is 83.8 Å². The number of rotatable bonds is 10. The average Bonchev–Trinajstić information content (AvgIpc) is 2.92. The highest BCUT2D eigenvalue weighted by Gasteiger charge is 2.10. The van der Waals surface area contributed by atoms with Gasteiger partial charge >= 0.3 is 0 Å². The molecule has 0 aliphatic rings. The molecule has 0 bridgehead atoms. The summed E-state index contributed by atoms with van der Waals surface area (Å²) in [5.41, 5.74) is 5.72. The van der Waals surface area contributed by atoms with Gasteiger partial charge in [0.25, 0.3) is 0 Å². The van der Waals surface area contributed by atoms with Crippen LogP contribution in [0.3, 0.4) is 0 Å². The highest BCUT2D eigenvalue weighted by molar-refractivity contribution is 5.42. The summed E-state index contributed by atoms with van der Waals surface area (Å²) in [6.45, 7) is 6.46. The largest absolute Gasteiger partial charge is 0.497 e. The molecule has 3 aromatic rings. The summed E-state index contributed by atoms with van der Waals surface area (Å²) < 4.78 is 11.4. The van der Waals surface area contributed by atoms with Gasteiger partial charge in [-0.15, -0.1) is 0 Å². The summed E-state index contributed by atoms with van der Waals surface area (Å²) in [7, 11) is 1.66. The first kappa shape index (κ1) is 27.6. The Hall–Kier alpha value is -4.01. The van der Waals surface area contributed by atoms with Gasteiger partial charge in [-0.3, -0.25) is 4.90 Å². The predicted octanol–water partition coefficient (Wildman–Crippen LogP) is 6.23. The molecule has 3 aromatic carbocycles. The van der Waals surface area contributed by atoms with Crippen molar-refractivity contribution in [3.05, 3.63) is 101 Å². The first-order chi connectivity index (χ1) is 18.1. The van der Waals surface area contributed by atoms with Crippen LogP contribution in [0, 0.1) is 48.9 Å². The van der Waals surface area contributed by atoms with Crippen molar-refractivity contribution in [2.24, 2.45) is 0 Å². The maximum absolute atomic E-state index is 9.04. The van der Waals surface area contributed by atoms with Crippen molar-refractivity contribution < 1.29 is 9.47 Å². The first-order valence-electron chi connectivity index (χ1n) is 12.5. The highest BCUT2D eigenvalue weighted by Crippen LogP contribution is 2.20. The normalized spacial score (nSPS) is 11.0. The SMILES string of the molecule is COc1ccc(CN(CC#CCO[C@H](CC#Cc2ccc(C)cc2C)c2ccccc2)CCC#N)cc1. The summed E-state index contributed by atoms with van der Waals surface area (Å²) >= 11 is 0. The number of nitriles is 1. The monoisotopic (exact) mass is 490 g/mol. The van der Waals surface area contributed by atoms with Crippen LogP contribution < -0.4 is 4.74 Å². The molecule has 0 N–H and O–H groups in total. The lowest BCUT2D eigenvalue weighted by Crippen LogP contribution is -2.24. The molecular weight excluding hydrogens is 456 g/mol. The van der Waals surface area contributed by atoms with Gasteiger partial charge in [-0.2, -0.15) is 5.26 Å². The zero-order chi connectivity index (χ0) is 26.3. The van der Waals surface area contributed by atoms with E-state index >= 15 is 0 Å². The number of methoxy groups -OCH3 is 1. The van der Waals surface area contributed by atoms with Crippen molar-refractivity contribution in [2.45, 2.75) is 39.3 Å². The molecule has 0 saturated carbocycles. The molecule has 3 rings (SSSR count). The van der Waals surface area contributed by atoms with E-state index in [1.165, 1.54) is 11.1 Å². The Bertz CT molecular complexity index is 1290. The minimum Gasteiger partial charge on any atom is -0.497 e. The third-order valence-corrected chi connectivity index (χ3v) is 5.95. The van der Waals surface area contributed by atoms with Crippen LogP contribution in [0.2, 0.25) is 0 Å². The van der Waals surface area contributed by atoms with E-state index in [-0.39, 0.29) is 6.10 Å². The highest BCUT2D eigenvalue weighted by atomic mass is 16.5. The second-order valence-electron chi connectivity index (χ2n) is 8.86. The average molecular weight is 491 g/mol. The van der Waals surface area contributed by atoms with Crippen molar-refractivity contribution in [3.63, 3.8) is 0 Å². The molecular formula is C33H34N2O2. The zero-order valence-electron chi connectivity index (χ0n) is 22.0. The molecule has 0 aliphatic carbocycles. The Labute approximate surface area is 221 Å². The van der Waals surface area contributed by atoms with Gasteiger partial charge < -0.3 is 9.47 Å². The van der Waals surface area contributed by atoms with E-state index in [1.54, 1.807) is 7.11 Å². The molecule has 188 valence electrons. The predicted molar refractivity (Wildman–Crippen MR) is 149 cm³/mol. The van der Waals surface area contributed by atoms with Gasteiger partial charge in [0, 0.05) is 31.5 Å². The number of hydrogen-bond donors (Lipinski definition) is 0. The number of benzene rings is 3. The van der Waals surface area contributed by atoms with Crippen molar-refractivity contribution >= 4 is 0 Å². The van der Waals surface area contributed by atoms with Crippen LogP contribution >= 0.6 is 0 Å². The fourth-order valence-electron chi connectivity index (χ4n) is 3.91. The first-order valence-corrected chi connectivity index (χ1v) is 12.5. The molecule has 0 saturated heterocycles. The van der Waals surface area contributed by atoms with Crippen LogP contribution in [-0.2, 0) is 11.3 Å². The third kappa shape index (κ3) is 9.51. The quantitative estimate of drug-likeness (QED) is 0.316. The Morgan fingerprint density at radius 1 is 0.919 bits per heavy atom. The number of hydrogen-bond acceptors (Lipinski definition) is 4. The van der Waals surface area contributed by atoms with Crippen LogP contribution in [0.5, 0.6) is 5.75 Å². The van der Waals surface area contributed by atoms with E-state index in [2.05, 4.69) is 78.8 Å². The topological polar surface area (TPSA) is 45.5 Å². The molecule has 1 atom stereocenters. The summed E-state index contributed by atoms with van der Waals surface area (Å²) in [5, 5.41) is 9.04. The molecule has 0 aromatic heterocycles. The lowest BCUT2D eigenvalue weighted by Gasteiger charge is -2.18. The van der Waals surface area contributed by atoms with Crippen LogP contribution in [-0.4, -0.2) is 31.7 Å². The van der Waals surface area contributed by atoms with Crippen molar-refractivity contribution in [2.75, 3.05) is 26.8 Å². The van der Waals surface area contributed by atoms with Crippen LogP contribution in [0.1, 0.15) is 46.8 Å². The molecule has 0 unspecified atom stereocenters. The maximum atomic E-state index is 9.04. The maximum Gasteiger partial charge on any atom is 0.118 e. The summed E-state index contributed by atoms with van der Waals surface area (Å²) in [6.07, 6.45) is 0.900. The molecule has 4 heteroatoms. The Morgan fingerprint density at radius 2 is 1.70 bits per heavy atom. The zero-order valence-corrected chi connectivity index (χ0v) is 22.0. The van der Waals surface area contributed by atoms with Gasteiger partial charge in [-0.05, 0) is 48.7 Å². The molecule has 0 fully saturated rings. The van der Waals surface area contributed by atoms with Gasteiger partial charge in [0.2, 0.25) is 0 Å². The van der Waals surface area contributed by atoms with E-state index in [1.807, 2.05) is 42.5 Å². The van der Waals surface area contributed by atoms with Gasteiger partial charge in [0.15, 0.2) is 0 Å². The molecule has 37 heavy (non-hydrogen) atoms. The molecule has 0 spiro atoms. The lowest BCUT2D eigenvalue weighted by atomic mass is 10.0. The molecule has 0 radical (unpaired) electrons. The molecule has 0 aliphatic heterocycles. The molecule has 0 heterocycles. The fraction of sp³-hybridized carbons (Fsp3) is 0.303. The summed E-state index contributed by atoms with van der Waals surface area (Å²) in [5.74, 6) is 13.8. The molecule has 4 nitrogen and oxygen atoms in total. The second kappa shape index (κ2) is 15.2. The second-order valence-corrected chi connectivity index (χ2v) is 8.86. The van der Waals surface area contributed by atoms with E-state index < -0.39 is 0 Å². The molecule has 0 amide bonds. The van der Waals surface area contributed by atoms with Gasteiger partial charge in [-0.25, -0.2) is 0 Å². The van der Waals surface area contributed by atoms with Gasteiger partial charge in [0.1, 0.15) is 12.4 Å². The Morgan fingerprint density at radius 3 is 2.41 bits per heavy atom. The number of aryl methyl sites for hydroxylation is 2. The third-order valence-electron chi connectivity index (χ3n) is 5.95. The Balaban J connectivity index is 1.60. The Kier molecular flexibility index (Phi) is 11.3. The number of nitrogens with zero attached hydrogens (tertiary/aromatic N) is 2. The van der Waals surface area contributed by atoms with Crippen LogP contribution in [0.4, 0.5) is 0 Å². The van der Waals surface area contributed by atoms with Gasteiger partial charge in [0.05, 0.1) is 25.8 Å². The fourth-order valence-corrected chi connectivity index (χ4v) is 3.91. The van der Waals surface area contributed by atoms with Crippen LogP contribution in [0.15, 0.2) is 72.8 Å².